The van der Waals surface area contributed by atoms with Crippen LogP contribution in [0.1, 0.15) is 41.5 Å². The molecule has 7 heteroatoms. The van der Waals surface area contributed by atoms with Gasteiger partial charge in [-0.25, -0.2) is 4.98 Å². The van der Waals surface area contributed by atoms with Crippen LogP contribution in [-0.2, 0) is 11.3 Å². The number of fused-ring (bicyclic) bond motifs is 1. The largest absolute Gasteiger partial charge is 0.367 e. The smallest absolute Gasteiger partial charge is 0.228 e. The van der Waals surface area contributed by atoms with Crippen LogP contribution in [0.2, 0.25) is 0 Å². The standard InChI is InChI=1S/C24H26N6O/c1-14-6-15(2)8-17(7-14)12-25-21-11-22(28-20-4-5-20)30-24(29-21)19(13-26-30)9-18-10-23(31)27-16(18)3/h6-9,11,13,20,28H,3-5,10,12H2,1-2H3,(H,25,29)(H,27,31)/b18-9+. The van der Waals surface area contributed by atoms with E-state index in [-0.39, 0.29) is 5.91 Å². The summed E-state index contributed by atoms with van der Waals surface area (Å²) in [5.74, 6) is 1.67. The molecule has 1 saturated heterocycles. The van der Waals surface area contributed by atoms with Crippen molar-refractivity contribution < 1.29 is 4.79 Å². The highest BCUT2D eigenvalue weighted by molar-refractivity contribution is 5.89. The lowest BCUT2D eigenvalue weighted by molar-refractivity contribution is -0.118. The molecule has 2 aromatic heterocycles. The topological polar surface area (TPSA) is 83.4 Å². The molecule has 1 aromatic carbocycles. The third-order valence-electron chi connectivity index (χ3n) is 5.54. The van der Waals surface area contributed by atoms with Gasteiger partial charge in [0.2, 0.25) is 5.91 Å². The number of hydrogen-bond donors (Lipinski definition) is 3. The molecule has 1 aliphatic carbocycles. The SMILES string of the molecule is C=C1NC(=O)C/C1=C\c1cnn2c(NC3CC3)cc(NCc3cc(C)cc(C)c3)nc12. The van der Waals surface area contributed by atoms with Gasteiger partial charge in [0.1, 0.15) is 11.6 Å². The number of allylic oxidation sites excluding steroid dienone is 1. The van der Waals surface area contributed by atoms with Gasteiger partial charge in [-0.2, -0.15) is 9.61 Å². The molecule has 0 bridgehead atoms. The van der Waals surface area contributed by atoms with Crippen LogP contribution in [-0.4, -0.2) is 26.5 Å². The Kier molecular flexibility index (Phi) is 4.73. The molecular formula is C24H26N6O. The van der Waals surface area contributed by atoms with Crippen molar-refractivity contribution in [3.8, 4) is 0 Å². The lowest BCUT2D eigenvalue weighted by Gasteiger charge is -2.12. The van der Waals surface area contributed by atoms with Gasteiger partial charge in [0.25, 0.3) is 0 Å². The third-order valence-corrected chi connectivity index (χ3v) is 5.54. The van der Waals surface area contributed by atoms with E-state index in [1.165, 1.54) is 29.5 Å². The van der Waals surface area contributed by atoms with E-state index >= 15 is 0 Å². The summed E-state index contributed by atoms with van der Waals surface area (Å²) < 4.78 is 1.83. The molecule has 3 N–H and O–H groups in total. The second kappa shape index (κ2) is 7.58. The van der Waals surface area contributed by atoms with Gasteiger partial charge in [-0.3, -0.25) is 4.79 Å². The second-order valence-electron chi connectivity index (χ2n) is 8.50. The van der Waals surface area contributed by atoms with Crippen LogP contribution in [0.4, 0.5) is 11.6 Å². The van der Waals surface area contributed by atoms with Gasteiger partial charge >= 0.3 is 0 Å². The summed E-state index contributed by atoms with van der Waals surface area (Å²) in [6.45, 7) is 8.85. The molecule has 1 aliphatic heterocycles. The molecule has 3 heterocycles. The van der Waals surface area contributed by atoms with Gasteiger partial charge in [-0.1, -0.05) is 35.9 Å². The number of nitrogens with zero attached hydrogens (tertiary/aromatic N) is 3. The van der Waals surface area contributed by atoms with E-state index in [0.717, 1.165) is 28.4 Å². The first-order valence-corrected chi connectivity index (χ1v) is 10.6. The van der Waals surface area contributed by atoms with E-state index in [1.54, 1.807) is 6.20 Å². The van der Waals surface area contributed by atoms with Crippen LogP contribution in [0.25, 0.3) is 11.7 Å². The van der Waals surface area contributed by atoms with Crippen LogP contribution < -0.4 is 16.0 Å². The molecule has 158 valence electrons. The summed E-state index contributed by atoms with van der Waals surface area (Å²) in [6.07, 6.45) is 6.40. The van der Waals surface area contributed by atoms with E-state index in [1.807, 2.05) is 16.7 Å². The Balaban J connectivity index is 1.49. The number of aryl methyl sites for hydroxylation is 2. The van der Waals surface area contributed by atoms with Gasteiger partial charge in [0.15, 0.2) is 5.65 Å². The van der Waals surface area contributed by atoms with Gasteiger partial charge in [-0.05, 0) is 43.9 Å². The number of anilines is 2. The molecule has 0 radical (unpaired) electrons. The number of benzene rings is 1. The van der Waals surface area contributed by atoms with Crippen molar-refractivity contribution in [1.29, 1.82) is 0 Å². The van der Waals surface area contributed by atoms with Crippen molar-refractivity contribution in [2.24, 2.45) is 0 Å². The van der Waals surface area contributed by atoms with Gasteiger partial charge in [0, 0.05) is 29.9 Å². The summed E-state index contributed by atoms with van der Waals surface area (Å²) in [5, 5.41) is 14.3. The average Bonchev–Trinajstić information content (AvgIpc) is 3.34. The third kappa shape index (κ3) is 4.17. The summed E-state index contributed by atoms with van der Waals surface area (Å²) in [5.41, 5.74) is 6.84. The molecule has 0 unspecified atom stereocenters. The highest BCUT2D eigenvalue weighted by atomic mass is 16.1. The second-order valence-corrected chi connectivity index (χ2v) is 8.50. The number of nitrogens with one attached hydrogen (secondary N) is 3. The molecule has 2 fully saturated rings. The maximum atomic E-state index is 11.7. The molecule has 7 nitrogen and oxygen atoms in total. The van der Waals surface area contributed by atoms with E-state index in [9.17, 15) is 4.79 Å². The molecule has 1 amide bonds. The maximum absolute atomic E-state index is 11.7. The Morgan fingerprint density at radius 3 is 2.68 bits per heavy atom. The molecule has 2 aliphatic rings. The normalized spacial score (nSPS) is 17.4. The lowest BCUT2D eigenvalue weighted by Crippen LogP contribution is -2.10. The molecule has 0 spiro atoms. The van der Waals surface area contributed by atoms with Crippen molar-refractivity contribution in [3.05, 3.63) is 70.6 Å². The minimum absolute atomic E-state index is 0.0347. The fourth-order valence-electron chi connectivity index (χ4n) is 3.97. The first-order valence-electron chi connectivity index (χ1n) is 10.6. The predicted molar refractivity (Wildman–Crippen MR) is 123 cm³/mol. The van der Waals surface area contributed by atoms with E-state index < -0.39 is 0 Å². The fraction of sp³-hybridized carbons (Fsp3) is 0.292. The number of carbonyl (C=O) groups excluding carboxylic acids is 1. The monoisotopic (exact) mass is 414 g/mol. The molecule has 0 atom stereocenters. The van der Waals surface area contributed by atoms with Gasteiger partial charge in [-0.15, -0.1) is 0 Å². The van der Waals surface area contributed by atoms with Crippen molar-refractivity contribution in [3.63, 3.8) is 0 Å². The van der Waals surface area contributed by atoms with Crippen molar-refractivity contribution in [1.82, 2.24) is 19.9 Å². The van der Waals surface area contributed by atoms with Crippen LogP contribution in [0, 0.1) is 13.8 Å². The number of carbonyl (C=O) groups is 1. The minimum atomic E-state index is -0.0347. The molecule has 1 saturated carbocycles. The number of rotatable bonds is 6. The summed E-state index contributed by atoms with van der Waals surface area (Å²) >= 11 is 0. The summed E-state index contributed by atoms with van der Waals surface area (Å²) in [6, 6.07) is 9.05. The Bertz CT molecular complexity index is 1210. The fourth-order valence-corrected chi connectivity index (χ4v) is 3.97. The Hall–Kier alpha value is -3.61. The van der Waals surface area contributed by atoms with Crippen LogP contribution in [0.3, 0.4) is 0 Å². The summed E-state index contributed by atoms with van der Waals surface area (Å²) in [7, 11) is 0. The number of amides is 1. The Morgan fingerprint density at radius 1 is 1.23 bits per heavy atom. The van der Waals surface area contributed by atoms with Crippen molar-refractivity contribution in [2.45, 2.75) is 45.7 Å². The number of aromatic nitrogens is 3. The highest BCUT2D eigenvalue weighted by Gasteiger charge is 2.24. The van der Waals surface area contributed by atoms with Crippen LogP contribution in [0.15, 0.2) is 48.3 Å². The first-order chi connectivity index (χ1) is 14.9. The zero-order chi connectivity index (χ0) is 21.5. The minimum Gasteiger partial charge on any atom is -0.367 e. The van der Waals surface area contributed by atoms with Crippen molar-refractivity contribution >= 4 is 29.3 Å². The molecule has 5 rings (SSSR count). The Morgan fingerprint density at radius 2 is 2.00 bits per heavy atom. The average molecular weight is 415 g/mol. The van der Waals surface area contributed by atoms with Gasteiger partial charge in [0.05, 0.1) is 12.6 Å². The number of hydrogen-bond acceptors (Lipinski definition) is 5. The quantitative estimate of drug-likeness (QED) is 0.569. The predicted octanol–water partition coefficient (Wildman–Crippen LogP) is 3.95. The van der Waals surface area contributed by atoms with E-state index in [2.05, 4.69) is 59.7 Å². The molecule has 31 heavy (non-hydrogen) atoms. The highest BCUT2D eigenvalue weighted by Crippen LogP contribution is 2.29. The van der Waals surface area contributed by atoms with Crippen LogP contribution in [0.5, 0.6) is 0 Å². The first kappa shape index (κ1) is 19.4. The molecular weight excluding hydrogens is 388 g/mol. The zero-order valence-corrected chi connectivity index (χ0v) is 17.8. The summed E-state index contributed by atoms with van der Waals surface area (Å²) in [4.78, 5) is 16.5. The van der Waals surface area contributed by atoms with E-state index in [4.69, 9.17) is 4.98 Å². The van der Waals surface area contributed by atoms with Crippen molar-refractivity contribution in [2.75, 3.05) is 10.6 Å². The van der Waals surface area contributed by atoms with Crippen LogP contribution >= 0.6 is 0 Å². The van der Waals surface area contributed by atoms with Gasteiger partial charge < -0.3 is 16.0 Å². The maximum Gasteiger partial charge on any atom is 0.228 e. The van der Waals surface area contributed by atoms with E-state index in [0.29, 0.717) is 24.7 Å². The Labute approximate surface area is 181 Å². The lowest BCUT2D eigenvalue weighted by atomic mass is 10.1. The molecule has 3 aromatic rings. The zero-order valence-electron chi connectivity index (χ0n) is 17.8.